The molecule has 0 saturated heterocycles. The van der Waals surface area contributed by atoms with E-state index >= 15 is 0 Å². The fourth-order valence-corrected chi connectivity index (χ4v) is 3.49. The van der Waals surface area contributed by atoms with Crippen molar-refractivity contribution in [1.29, 1.82) is 0 Å². The van der Waals surface area contributed by atoms with Crippen LogP contribution in [-0.2, 0) is 15.7 Å². The second-order valence-corrected chi connectivity index (χ2v) is 8.60. The first-order valence-corrected chi connectivity index (χ1v) is 11.4. The summed E-state index contributed by atoms with van der Waals surface area (Å²) in [5, 5.41) is 9.81. The summed E-state index contributed by atoms with van der Waals surface area (Å²) >= 11 is 0. The van der Waals surface area contributed by atoms with Crippen LogP contribution in [-0.4, -0.2) is 40.3 Å². The van der Waals surface area contributed by atoms with Gasteiger partial charge < -0.3 is 15.4 Å². The van der Waals surface area contributed by atoms with Gasteiger partial charge in [-0.05, 0) is 42.2 Å². The Labute approximate surface area is 206 Å². The number of methoxy groups -OCH3 is 1. The lowest BCUT2D eigenvalue weighted by Crippen LogP contribution is -2.26. The molecule has 11 heteroatoms. The molecule has 0 bridgehead atoms. The van der Waals surface area contributed by atoms with Gasteiger partial charge >= 0.3 is 12.1 Å². The van der Waals surface area contributed by atoms with Crippen molar-refractivity contribution in [2.75, 3.05) is 19.0 Å². The van der Waals surface area contributed by atoms with Crippen LogP contribution in [0.2, 0.25) is 0 Å². The number of ether oxygens (including phenoxy) is 1. The van der Waals surface area contributed by atoms with Gasteiger partial charge in [-0.1, -0.05) is 26.0 Å². The maximum atomic E-state index is 12.9. The van der Waals surface area contributed by atoms with Crippen LogP contribution in [0.25, 0.3) is 5.69 Å². The molecule has 2 N–H and O–H groups in total. The third kappa shape index (κ3) is 7.30. The van der Waals surface area contributed by atoms with Crippen molar-refractivity contribution in [1.82, 2.24) is 20.1 Å². The normalized spacial score (nSPS) is 12.3. The number of aromatic nitrogens is 3. The van der Waals surface area contributed by atoms with E-state index in [9.17, 15) is 22.8 Å². The van der Waals surface area contributed by atoms with Gasteiger partial charge in [-0.2, -0.15) is 18.3 Å². The topological polar surface area (TPSA) is 98.1 Å². The molecular formula is C25H28F3N5O3. The Balaban J connectivity index is 1.68. The summed E-state index contributed by atoms with van der Waals surface area (Å²) in [5.41, 5.74) is 0.991. The fourth-order valence-electron chi connectivity index (χ4n) is 3.49. The van der Waals surface area contributed by atoms with Gasteiger partial charge in [-0.15, -0.1) is 0 Å². The van der Waals surface area contributed by atoms with Crippen LogP contribution < -0.4 is 10.6 Å². The van der Waals surface area contributed by atoms with E-state index in [2.05, 4.69) is 39.3 Å². The number of nitrogens with one attached hydrogen (secondary N) is 2. The molecule has 1 unspecified atom stereocenters. The van der Waals surface area contributed by atoms with E-state index in [-0.39, 0.29) is 24.9 Å². The average Bonchev–Trinajstić information content (AvgIpc) is 3.35. The van der Waals surface area contributed by atoms with Crippen molar-refractivity contribution in [2.24, 2.45) is 5.92 Å². The summed E-state index contributed by atoms with van der Waals surface area (Å²) in [6, 6.07) is 10.3. The van der Waals surface area contributed by atoms with E-state index in [1.165, 1.54) is 18.0 Å². The summed E-state index contributed by atoms with van der Waals surface area (Å²) in [6.45, 7) is 4.33. The van der Waals surface area contributed by atoms with Crippen molar-refractivity contribution < 1.29 is 27.5 Å². The van der Waals surface area contributed by atoms with Crippen LogP contribution in [0.3, 0.4) is 0 Å². The largest absolute Gasteiger partial charge is 0.469 e. The Bertz CT molecular complexity index is 1160. The molecule has 0 aliphatic rings. The van der Waals surface area contributed by atoms with Gasteiger partial charge in [-0.3, -0.25) is 9.59 Å². The lowest BCUT2D eigenvalue weighted by molar-refractivity contribution is -0.140. The molecule has 192 valence electrons. The van der Waals surface area contributed by atoms with E-state index in [0.29, 0.717) is 23.0 Å². The molecule has 0 spiro atoms. The summed E-state index contributed by atoms with van der Waals surface area (Å²) in [5.74, 6) is 0.160. The lowest BCUT2D eigenvalue weighted by atomic mass is 9.96. The molecular weight excluding hydrogens is 475 g/mol. The molecule has 0 fully saturated rings. The number of carbonyl (C=O) groups is 2. The summed E-state index contributed by atoms with van der Waals surface area (Å²) < 4.78 is 44.4. The molecule has 8 nitrogen and oxygen atoms in total. The molecule has 0 saturated carbocycles. The molecule has 0 radical (unpaired) electrons. The zero-order valence-electron chi connectivity index (χ0n) is 20.2. The fraction of sp³-hybridized carbons (Fsp3) is 0.360. The highest BCUT2D eigenvalue weighted by molar-refractivity contribution is 5.94. The molecule has 0 aliphatic carbocycles. The van der Waals surface area contributed by atoms with E-state index < -0.39 is 17.7 Å². The van der Waals surface area contributed by atoms with Crippen molar-refractivity contribution in [2.45, 2.75) is 38.9 Å². The SMILES string of the molecule is COC(=O)CCNC(=O)c1ccc(NC(CC(C)C)c2ccc(-n3cc(C(F)(F)F)cn3)cc2)nc1. The first kappa shape index (κ1) is 26.7. The number of rotatable bonds is 10. The highest BCUT2D eigenvalue weighted by atomic mass is 19.4. The van der Waals surface area contributed by atoms with Crippen LogP contribution in [0.15, 0.2) is 55.0 Å². The number of esters is 1. The molecule has 1 amide bonds. The zero-order valence-corrected chi connectivity index (χ0v) is 20.2. The highest BCUT2D eigenvalue weighted by Crippen LogP contribution is 2.30. The van der Waals surface area contributed by atoms with Crippen molar-refractivity contribution in [3.63, 3.8) is 0 Å². The van der Waals surface area contributed by atoms with Crippen molar-refractivity contribution in [3.05, 3.63) is 71.7 Å². The summed E-state index contributed by atoms with van der Waals surface area (Å²) in [7, 11) is 1.28. The molecule has 36 heavy (non-hydrogen) atoms. The Morgan fingerprint density at radius 1 is 1.08 bits per heavy atom. The number of nitrogens with zero attached hydrogens (tertiary/aromatic N) is 3. The van der Waals surface area contributed by atoms with E-state index in [1.807, 2.05) is 12.1 Å². The number of amides is 1. The third-order valence-corrected chi connectivity index (χ3v) is 5.37. The quantitative estimate of drug-likeness (QED) is 0.387. The highest BCUT2D eigenvalue weighted by Gasteiger charge is 2.32. The minimum atomic E-state index is -4.45. The Morgan fingerprint density at radius 2 is 1.81 bits per heavy atom. The standard InChI is InChI=1S/C25H28F3N5O3/c1-16(2)12-21(17-4-7-20(8-5-17)33-15-19(14-31-33)25(26,27)28)32-22-9-6-18(13-30-22)24(35)29-11-10-23(34)36-3/h4-9,13-16,21H,10-12H2,1-3H3,(H,29,35)(H,30,32). The second-order valence-electron chi connectivity index (χ2n) is 8.60. The molecule has 2 aromatic heterocycles. The number of benzene rings is 1. The molecule has 1 aromatic carbocycles. The second kappa shape index (κ2) is 11.7. The van der Waals surface area contributed by atoms with Gasteiger partial charge in [0.1, 0.15) is 5.82 Å². The minimum Gasteiger partial charge on any atom is -0.469 e. The van der Waals surface area contributed by atoms with Crippen LogP contribution in [0.1, 0.15) is 54.2 Å². The van der Waals surface area contributed by atoms with E-state index in [4.69, 9.17) is 0 Å². The van der Waals surface area contributed by atoms with Gasteiger partial charge in [0.15, 0.2) is 0 Å². The number of pyridine rings is 1. The average molecular weight is 504 g/mol. The predicted octanol–water partition coefficient (Wildman–Crippen LogP) is 4.78. The van der Waals surface area contributed by atoms with Gasteiger partial charge in [0.05, 0.1) is 42.6 Å². The third-order valence-electron chi connectivity index (χ3n) is 5.37. The van der Waals surface area contributed by atoms with Gasteiger partial charge in [0, 0.05) is 18.9 Å². The molecule has 3 aromatic rings. The number of hydrogen-bond acceptors (Lipinski definition) is 6. The van der Waals surface area contributed by atoms with Crippen molar-refractivity contribution in [3.8, 4) is 5.69 Å². The molecule has 3 rings (SSSR count). The lowest BCUT2D eigenvalue weighted by Gasteiger charge is -2.22. The Hall–Kier alpha value is -3.89. The number of carbonyl (C=O) groups excluding carboxylic acids is 2. The number of halogens is 3. The Kier molecular flexibility index (Phi) is 8.68. The first-order valence-electron chi connectivity index (χ1n) is 11.4. The minimum absolute atomic E-state index is 0.0782. The summed E-state index contributed by atoms with van der Waals surface area (Å²) in [4.78, 5) is 27.7. The van der Waals surface area contributed by atoms with E-state index in [0.717, 1.165) is 24.4 Å². The van der Waals surface area contributed by atoms with Gasteiger partial charge in [0.2, 0.25) is 0 Å². The zero-order chi connectivity index (χ0) is 26.3. The van der Waals surface area contributed by atoms with Crippen LogP contribution in [0, 0.1) is 5.92 Å². The van der Waals surface area contributed by atoms with Crippen molar-refractivity contribution >= 4 is 17.7 Å². The molecule has 0 aliphatic heterocycles. The van der Waals surface area contributed by atoms with Gasteiger partial charge in [-0.25, -0.2) is 9.67 Å². The number of alkyl halides is 3. The van der Waals surface area contributed by atoms with E-state index in [1.54, 1.807) is 24.3 Å². The maximum Gasteiger partial charge on any atom is 0.419 e. The number of anilines is 1. The monoisotopic (exact) mass is 503 g/mol. The maximum absolute atomic E-state index is 12.9. The molecule has 2 heterocycles. The summed E-state index contributed by atoms with van der Waals surface area (Å²) in [6.07, 6.45) is -0.397. The van der Waals surface area contributed by atoms with Crippen LogP contribution in [0.4, 0.5) is 19.0 Å². The Morgan fingerprint density at radius 3 is 2.36 bits per heavy atom. The predicted molar refractivity (Wildman–Crippen MR) is 128 cm³/mol. The van der Waals surface area contributed by atoms with Crippen LogP contribution >= 0.6 is 0 Å². The number of hydrogen-bond donors (Lipinski definition) is 2. The van der Waals surface area contributed by atoms with Crippen LogP contribution in [0.5, 0.6) is 0 Å². The first-order chi connectivity index (χ1) is 17.1. The van der Waals surface area contributed by atoms with Gasteiger partial charge in [0.25, 0.3) is 5.91 Å². The molecule has 1 atom stereocenters. The smallest absolute Gasteiger partial charge is 0.419 e.